The Morgan fingerprint density at radius 2 is 2.07 bits per heavy atom. The number of ether oxygens (including phenoxy) is 2. The smallest absolute Gasteiger partial charge is 0.387 e. The lowest BCUT2D eigenvalue weighted by Gasteiger charge is -2.17. The zero-order valence-electron chi connectivity index (χ0n) is 17.3. The third kappa shape index (κ3) is 6.45. The molecule has 3 rings (SSSR count). The summed E-state index contributed by atoms with van der Waals surface area (Å²) in [5.74, 6) is 1.66. The predicted octanol–water partition coefficient (Wildman–Crippen LogP) is 3.23. The Balaban J connectivity index is 1.62. The van der Waals surface area contributed by atoms with Crippen molar-refractivity contribution in [2.75, 3.05) is 32.8 Å². The number of nitrogens with one attached hydrogen (secondary N) is 2. The molecule has 1 aliphatic heterocycles. The Labute approximate surface area is 171 Å². The monoisotopic (exact) mass is 410 g/mol. The van der Waals surface area contributed by atoms with Gasteiger partial charge in [-0.05, 0) is 51.6 Å². The van der Waals surface area contributed by atoms with Crippen molar-refractivity contribution < 1.29 is 18.3 Å². The second-order valence-corrected chi connectivity index (χ2v) is 7.51. The minimum Gasteiger partial charge on any atom is -0.490 e. The summed E-state index contributed by atoms with van der Waals surface area (Å²) < 4.78 is 35.9. The van der Waals surface area contributed by atoms with E-state index < -0.39 is 6.61 Å². The van der Waals surface area contributed by atoms with E-state index in [1.54, 1.807) is 25.1 Å². The molecule has 0 amide bonds. The lowest BCUT2D eigenvalue weighted by molar-refractivity contribution is -0.0520. The van der Waals surface area contributed by atoms with Crippen LogP contribution in [-0.4, -0.2) is 56.3 Å². The summed E-state index contributed by atoms with van der Waals surface area (Å²) in [7, 11) is 0. The Kier molecular flexibility index (Phi) is 7.91. The summed E-state index contributed by atoms with van der Waals surface area (Å²) in [6.07, 6.45) is 3.88. The van der Waals surface area contributed by atoms with Gasteiger partial charge in [0.1, 0.15) is 0 Å². The number of hydrogen-bond donors (Lipinski definition) is 2. The van der Waals surface area contributed by atoms with Crippen LogP contribution in [0.5, 0.6) is 11.5 Å². The van der Waals surface area contributed by atoms with Crippen LogP contribution in [0.25, 0.3) is 0 Å². The van der Waals surface area contributed by atoms with Crippen molar-refractivity contribution in [3.05, 3.63) is 23.8 Å². The van der Waals surface area contributed by atoms with Gasteiger partial charge < -0.3 is 25.0 Å². The molecule has 1 saturated heterocycles. The summed E-state index contributed by atoms with van der Waals surface area (Å²) in [5.41, 5.74) is 0.564. The van der Waals surface area contributed by atoms with Gasteiger partial charge in [0.15, 0.2) is 17.5 Å². The van der Waals surface area contributed by atoms with Crippen LogP contribution < -0.4 is 20.1 Å². The molecule has 2 N–H and O–H groups in total. The lowest BCUT2D eigenvalue weighted by atomic mass is 10.1. The van der Waals surface area contributed by atoms with Crippen molar-refractivity contribution in [3.63, 3.8) is 0 Å². The zero-order valence-corrected chi connectivity index (χ0v) is 17.3. The first-order valence-electron chi connectivity index (χ1n) is 10.6. The number of halogens is 2. The first-order chi connectivity index (χ1) is 14.1. The number of hydrogen-bond acceptors (Lipinski definition) is 4. The molecule has 6 nitrogen and oxygen atoms in total. The minimum absolute atomic E-state index is 0.0554. The van der Waals surface area contributed by atoms with Crippen LogP contribution in [-0.2, 0) is 6.54 Å². The van der Waals surface area contributed by atoms with Crippen LogP contribution in [0.2, 0.25) is 0 Å². The van der Waals surface area contributed by atoms with Gasteiger partial charge >= 0.3 is 6.61 Å². The number of alkyl halides is 2. The molecule has 8 heteroatoms. The standard InChI is InChI=1S/C21H32F2N4O2/c1-3-24-21(25-12-15-10-11-27(14-15)17-8-9-17)26-13-16-6-5-7-18(28-4-2)19(16)29-20(22)23/h5-7,15,17,20H,3-4,8-14H2,1-2H3,(H2,24,25,26). The third-order valence-electron chi connectivity index (χ3n) is 5.26. The molecule has 1 atom stereocenters. The van der Waals surface area contributed by atoms with E-state index in [2.05, 4.69) is 20.5 Å². The van der Waals surface area contributed by atoms with Crippen molar-refractivity contribution in [3.8, 4) is 11.5 Å². The number of likely N-dealkylation sites (tertiary alicyclic amines) is 1. The summed E-state index contributed by atoms with van der Waals surface area (Å²) >= 11 is 0. The number of rotatable bonds is 10. The van der Waals surface area contributed by atoms with Crippen molar-refractivity contribution in [1.29, 1.82) is 0 Å². The SMILES string of the molecule is CCNC(=NCc1cccc(OCC)c1OC(F)F)NCC1CCN(C2CC2)C1. The van der Waals surface area contributed by atoms with Crippen LogP contribution in [0.1, 0.15) is 38.7 Å². The van der Waals surface area contributed by atoms with Gasteiger partial charge in [-0.15, -0.1) is 0 Å². The van der Waals surface area contributed by atoms with Gasteiger partial charge in [0.25, 0.3) is 0 Å². The summed E-state index contributed by atoms with van der Waals surface area (Å²) in [6, 6.07) is 5.94. The van der Waals surface area contributed by atoms with Crippen molar-refractivity contribution in [1.82, 2.24) is 15.5 Å². The van der Waals surface area contributed by atoms with Gasteiger partial charge in [0, 0.05) is 31.2 Å². The molecule has 0 spiro atoms. The highest BCUT2D eigenvalue weighted by atomic mass is 19.3. The van der Waals surface area contributed by atoms with E-state index in [0.717, 1.165) is 25.7 Å². The molecule has 1 aromatic rings. The molecule has 2 fully saturated rings. The van der Waals surface area contributed by atoms with Gasteiger partial charge in [0.2, 0.25) is 0 Å². The van der Waals surface area contributed by atoms with Crippen LogP contribution >= 0.6 is 0 Å². The first-order valence-corrected chi connectivity index (χ1v) is 10.6. The maximum atomic E-state index is 12.9. The Morgan fingerprint density at radius 3 is 2.76 bits per heavy atom. The minimum atomic E-state index is -2.91. The van der Waals surface area contributed by atoms with Gasteiger partial charge in [-0.3, -0.25) is 0 Å². The molecular formula is C21H32F2N4O2. The van der Waals surface area contributed by atoms with Gasteiger partial charge in [-0.2, -0.15) is 8.78 Å². The van der Waals surface area contributed by atoms with Gasteiger partial charge in [-0.25, -0.2) is 4.99 Å². The number of guanidine groups is 1. The molecule has 0 radical (unpaired) electrons. The molecule has 0 aromatic heterocycles. The molecule has 1 saturated carbocycles. The predicted molar refractivity (Wildman–Crippen MR) is 110 cm³/mol. The average Bonchev–Trinajstić information content (AvgIpc) is 3.44. The highest BCUT2D eigenvalue weighted by molar-refractivity contribution is 5.79. The van der Waals surface area contributed by atoms with E-state index in [0.29, 0.717) is 29.8 Å². The van der Waals surface area contributed by atoms with E-state index in [4.69, 9.17) is 9.47 Å². The van der Waals surface area contributed by atoms with E-state index in [1.807, 2.05) is 6.92 Å². The summed E-state index contributed by atoms with van der Waals surface area (Å²) in [5, 5.41) is 6.63. The Bertz CT molecular complexity index is 683. The molecule has 1 unspecified atom stereocenters. The maximum absolute atomic E-state index is 12.9. The van der Waals surface area contributed by atoms with Crippen molar-refractivity contribution in [2.45, 2.75) is 52.3 Å². The molecule has 162 valence electrons. The first kappa shape index (κ1) is 21.6. The molecule has 29 heavy (non-hydrogen) atoms. The quantitative estimate of drug-likeness (QED) is 0.458. The topological polar surface area (TPSA) is 58.1 Å². The average molecular weight is 411 g/mol. The van der Waals surface area contributed by atoms with E-state index >= 15 is 0 Å². The molecule has 2 aliphatic rings. The zero-order chi connectivity index (χ0) is 20.6. The number of aliphatic imine (C=N–C) groups is 1. The number of benzene rings is 1. The summed E-state index contributed by atoms with van der Waals surface area (Å²) in [4.78, 5) is 7.17. The van der Waals surface area contributed by atoms with Gasteiger partial charge in [-0.1, -0.05) is 12.1 Å². The van der Waals surface area contributed by atoms with E-state index in [-0.39, 0.29) is 12.3 Å². The highest BCUT2D eigenvalue weighted by Gasteiger charge is 2.34. The van der Waals surface area contributed by atoms with Crippen LogP contribution in [0.3, 0.4) is 0 Å². The third-order valence-corrected chi connectivity index (χ3v) is 5.26. The Hall–Kier alpha value is -2.09. The molecule has 1 heterocycles. The van der Waals surface area contributed by atoms with Crippen molar-refractivity contribution >= 4 is 5.96 Å². The fraction of sp³-hybridized carbons (Fsp3) is 0.667. The van der Waals surface area contributed by atoms with Crippen LogP contribution in [0, 0.1) is 5.92 Å². The fourth-order valence-electron chi connectivity index (χ4n) is 3.73. The van der Waals surface area contributed by atoms with E-state index in [9.17, 15) is 8.78 Å². The summed E-state index contributed by atoms with van der Waals surface area (Å²) in [6.45, 7) is 5.39. The molecule has 1 aliphatic carbocycles. The van der Waals surface area contributed by atoms with Crippen molar-refractivity contribution in [2.24, 2.45) is 10.9 Å². The normalized spacial score (nSPS) is 20.2. The number of nitrogens with zero attached hydrogens (tertiary/aromatic N) is 2. The maximum Gasteiger partial charge on any atom is 0.387 e. The van der Waals surface area contributed by atoms with Crippen LogP contribution in [0.15, 0.2) is 23.2 Å². The largest absolute Gasteiger partial charge is 0.490 e. The second kappa shape index (κ2) is 10.6. The Morgan fingerprint density at radius 1 is 1.24 bits per heavy atom. The highest BCUT2D eigenvalue weighted by Crippen LogP contribution is 2.33. The fourth-order valence-corrected chi connectivity index (χ4v) is 3.73. The molecule has 0 bridgehead atoms. The molecular weight excluding hydrogens is 378 g/mol. The van der Waals surface area contributed by atoms with E-state index in [1.165, 1.54) is 25.8 Å². The second-order valence-electron chi connectivity index (χ2n) is 7.51. The lowest BCUT2D eigenvalue weighted by Crippen LogP contribution is -2.40. The number of para-hydroxylation sites is 1. The van der Waals surface area contributed by atoms with Gasteiger partial charge in [0.05, 0.1) is 13.2 Å². The van der Waals surface area contributed by atoms with Crippen LogP contribution in [0.4, 0.5) is 8.78 Å². The molecule has 1 aromatic carbocycles.